The number of nitrogens with one attached hydrogen (secondary N) is 1. The minimum Gasteiger partial charge on any atom is -0.454 e. The summed E-state index contributed by atoms with van der Waals surface area (Å²) in [4.78, 5) is 12.6. The number of ketones is 1. The summed E-state index contributed by atoms with van der Waals surface area (Å²) in [5, 5.41) is 7.37. The summed E-state index contributed by atoms with van der Waals surface area (Å²) in [7, 11) is 0. The molecule has 0 spiro atoms. The number of hydrogen-bond acceptors (Lipinski definition) is 4. The lowest BCUT2D eigenvalue weighted by Gasteiger charge is -1.98. The molecule has 5 heteroatoms. The van der Waals surface area contributed by atoms with Crippen molar-refractivity contribution >= 4 is 11.9 Å². The van der Waals surface area contributed by atoms with Crippen molar-refractivity contribution in [2.24, 2.45) is 0 Å². The highest BCUT2D eigenvalue weighted by Crippen LogP contribution is 2.35. The van der Waals surface area contributed by atoms with Gasteiger partial charge in [0.15, 0.2) is 17.3 Å². The Morgan fingerprint density at radius 2 is 1.96 bits per heavy atom. The molecule has 1 aliphatic carbocycles. The van der Waals surface area contributed by atoms with E-state index in [1.165, 1.54) is 5.56 Å². The fourth-order valence-corrected chi connectivity index (χ4v) is 3.47. The standard InChI is InChI=1S/C21H16N2O3/c1-12-2-4-17-14(6-12)7-15(21(17)24)8-16-10-18(23-22-16)13-3-5-19-20(9-13)26-11-25-19/h2-6,8-10H,7,11H2,1H3,(H,22,23)/b15-8+. The molecule has 2 aliphatic rings. The van der Waals surface area contributed by atoms with Crippen LogP contribution in [-0.2, 0) is 6.42 Å². The number of carbonyl (C=O) groups is 1. The molecule has 0 fully saturated rings. The lowest BCUT2D eigenvalue weighted by molar-refractivity contribution is 0.104. The molecular formula is C21H16N2O3. The number of aromatic nitrogens is 2. The summed E-state index contributed by atoms with van der Waals surface area (Å²) in [6, 6.07) is 13.6. The van der Waals surface area contributed by atoms with Gasteiger partial charge in [0, 0.05) is 23.1 Å². The number of nitrogens with zero attached hydrogens (tertiary/aromatic N) is 1. The SMILES string of the molecule is Cc1ccc2c(c1)C/C(=C\c1cc(-c3ccc4c(c3)OCO4)n[nH]1)C2=O. The second-order valence-corrected chi connectivity index (χ2v) is 6.61. The molecular weight excluding hydrogens is 328 g/mol. The summed E-state index contributed by atoms with van der Waals surface area (Å²) in [5.74, 6) is 1.57. The minimum atomic E-state index is 0.0965. The molecule has 1 aromatic heterocycles. The van der Waals surface area contributed by atoms with Crippen molar-refractivity contribution in [3.05, 3.63) is 70.4 Å². The molecule has 0 amide bonds. The highest BCUT2D eigenvalue weighted by molar-refractivity contribution is 6.15. The Hall–Kier alpha value is -3.34. The molecule has 128 valence electrons. The van der Waals surface area contributed by atoms with Gasteiger partial charge in [-0.1, -0.05) is 23.8 Å². The summed E-state index contributed by atoms with van der Waals surface area (Å²) >= 11 is 0. The molecule has 1 N–H and O–H groups in total. The number of carbonyl (C=O) groups excluding carboxylic acids is 1. The quantitative estimate of drug-likeness (QED) is 0.715. The molecule has 0 bridgehead atoms. The van der Waals surface area contributed by atoms with Gasteiger partial charge in [-0.25, -0.2) is 0 Å². The van der Waals surface area contributed by atoms with Crippen molar-refractivity contribution in [2.45, 2.75) is 13.3 Å². The molecule has 26 heavy (non-hydrogen) atoms. The third-order valence-electron chi connectivity index (χ3n) is 4.77. The zero-order chi connectivity index (χ0) is 17.7. The number of benzene rings is 2. The fraction of sp³-hybridized carbons (Fsp3) is 0.143. The van der Waals surface area contributed by atoms with Gasteiger partial charge < -0.3 is 9.47 Å². The molecule has 0 saturated carbocycles. The van der Waals surface area contributed by atoms with E-state index in [9.17, 15) is 4.79 Å². The number of H-pyrrole nitrogens is 1. The van der Waals surface area contributed by atoms with Gasteiger partial charge in [0.2, 0.25) is 6.79 Å². The highest BCUT2D eigenvalue weighted by atomic mass is 16.7. The van der Waals surface area contributed by atoms with Crippen LogP contribution in [-0.4, -0.2) is 22.8 Å². The summed E-state index contributed by atoms with van der Waals surface area (Å²) in [5.41, 5.74) is 6.40. The van der Waals surface area contributed by atoms with Gasteiger partial charge in [-0.15, -0.1) is 0 Å². The third-order valence-corrected chi connectivity index (χ3v) is 4.77. The van der Waals surface area contributed by atoms with Crippen molar-refractivity contribution in [2.75, 3.05) is 6.79 Å². The molecule has 5 rings (SSSR count). The molecule has 0 atom stereocenters. The zero-order valence-corrected chi connectivity index (χ0v) is 14.2. The maximum atomic E-state index is 12.6. The molecule has 0 unspecified atom stereocenters. The van der Waals surface area contributed by atoms with Crippen LogP contribution in [0.5, 0.6) is 11.5 Å². The van der Waals surface area contributed by atoms with Crippen LogP contribution in [0.3, 0.4) is 0 Å². The molecule has 1 aliphatic heterocycles. The lowest BCUT2D eigenvalue weighted by Crippen LogP contribution is -1.95. The van der Waals surface area contributed by atoms with E-state index in [4.69, 9.17) is 9.47 Å². The van der Waals surface area contributed by atoms with E-state index < -0.39 is 0 Å². The predicted molar refractivity (Wildman–Crippen MR) is 97.3 cm³/mol. The Labute approximate surface area is 150 Å². The second kappa shape index (κ2) is 5.59. The van der Waals surface area contributed by atoms with E-state index in [1.807, 2.05) is 49.4 Å². The van der Waals surface area contributed by atoms with Crippen LogP contribution in [0.1, 0.15) is 27.2 Å². The van der Waals surface area contributed by atoms with Crippen LogP contribution in [0.25, 0.3) is 17.3 Å². The monoisotopic (exact) mass is 344 g/mol. The fourth-order valence-electron chi connectivity index (χ4n) is 3.47. The highest BCUT2D eigenvalue weighted by Gasteiger charge is 2.24. The summed E-state index contributed by atoms with van der Waals surface area (Å²) in [6.45, 7) is 2.29. The Kier molecular flexibility index (Phi) is 3.22. The van der Waals surface area contributed by atoms with Crippen LogP contribution in [0.4, 0.5) is 0 Å². The Morgan fingerprint density at radius 3 is 2.88 bits per heavy atom. The Morgan fingerprint density at radius 1 is 1.08 bits per heavy atom. The van der Waals surface area contributed by atoms with Crippen molar-refractivity contribution in [3.8, 4) is 22.8 Å². The first-order chi connectivity index (χ1) is 12.7. The van der Waals surface area contributed by atoms with Crippen LogP contribution in [0, 0.1) is 6.92 Å². The van der Waals surface area contributed by atoms with Gasteiger partial charge >= 0.3 is 0 Å². The molecule has 0 saturated heterocycles. The number of ether oxygens (including phenoxy) is 2. The summed E-state index contributed by atoms with van der Waals surface area (Å²) in [6.07, 6.45) is 2.55. The van der Waals surface area contributed by atoms with Crippen molar-refractivity contribution in [3.63, 3.8) is 0 Å². The largest absolute Gasteiger partial charge is 0.454 e. The van der Waals surface area contributed by atoms with Crippen molar-refractivity contribution < 1.29 is 14.3 Å². The maximum Gasteiger partial charge on any atom is 0.231 e. The summed E-state index contributed by atoms with van der Waals surface area (Å²) < 4.78 is 10.8. The van der Waals surface area contributed by atoms with E-state index in [0.717, 1.165) is 45.2 Å². The third kappa shape index (κ3) is 2.40. The Balaban J connectivity index is 1.44. The number of hydrogen-bond donors (Lipinski definition) is 1. The first-order valence-corrected chi connectivity index (χ1v) is 8.47. The van der Waals surface area contributed by atoms with E-state index in [-0.39, 0.29) is 12.6 Å². The van der Waals surface area contributed by atoms with E-state index in [0.29, 0.717) is 6.42 Å². The van der Waals surface area contributed by atoms with Gasteiger partial charge in [-0.3, -0.25) is 9.89 Å². The molecule has 3 aromatic rings. The van der Waals surface area contributed by atoms with Crippen LogP contribution in [0.15, 0.2) is 48.0 Å². The van der Waals surface area contributed by atoms with E-state index in [1.54, 1.807) is 0 Å². The number of aromatic amines is 1. The van der Waals surface area contributed by atoms with E-state index >= 15 is 0 Å². The van der Waals surface area contributed by atoms with Gasteiger partial charge in [0.25, 0.3) is 0 Å². The molecule has 5 nitrogen and oxygen atoms in total. The number of fused-ring (bicyclic) bond motifs is 2. The van der Waals surface area contributed by atoms with E-state index in [2.05, 4.69) is 16.3 Å². The lowest BCUT2D eigenvalue weighted by atomic mass is 10.1. The number of allylic oxidation sites excluding steroid dienone is 1. The molecule has 2 aromatic carbocycles. The average molecular weight is 344 g/mol. The number of aryl methyl sites for hydroxylation is 1. The van der Waals surface area contributed by atoms with Gasteiger partial charge in [-0.2, -0.15) is 5.10 Å². The first-order valence-electron chi connectivity index (χ1n) is 8.47. The number of rotatable bonds is 2. The molecule has 2 heterocycles. The zero-order valence-electron chi connectivity index (χ0n) is 14.2. The van der Waals surface area contributed by atoms with Crippen molar-refractivity contribution in [1.82, 2.24) is 10.2 Å². The molecule has 0 radical (unpaired) electrons. The Bertz CT molecular complexity index is 1080. The first kappa shape index (κ1) is 15.0. The topological polar surface area (TPSA) is 64.2 Å². The van der Waals surface area contributed by atoms with Gasteiger partial charge in [-0.05, 0) is 42.8 Å². The van der Waals surface area contributed by atoms with Gasteiger partial charge in [0.05, 0.1) is 11.4 Å². The van der Waals surface area contributed by atoms with Crippen LogP contribution in [0.2, 0.25) is 0 Å². The average Bonchev–Trinajstić information content (AvgIpc) is 3.34. The second-order valence-electron chi connectivity index (χ2n) is 6.61. The maximum absolute atomic E-state index is 12.6. The van der Waals surface area contributed by atoms with Crippen LogP contribution >= 0.6 is 0 Å². The van der Waals surface area contributed by atoms with Gasteiger partial charge in [0.1, 0.15) is 0 Å². The van der Waals surface area contributed by atoms with Crippen LogP contribution < -0.4 is 9.47 Å². The predicted octanol–water partition coefficient (Wildman–Crippen LogP) is 3.94. The smallest absolute Gasteiger partial charge is 0.231 e. The normalized spacial score (nSPS) is 16.3. The minimum absolute atomic E-state index is 0.0965. The van der Waals surface area contributed by atoms with Crippen molar-refractivity contribution in [1.29, 1.82) is 0 Å². The number of Topliss-reactive ketones (excluding diaryl/α,β-unsaturated/α-hetero) is 1.